The van der Waals surface area contributed by atoms with Gasteiger partial charge in [0.25, 0.3) is 5.91 Å². The third-order valence-electron chi connectivity index (χ3n) is 4.88. The lowest BCUT2D eigenvalue weighted by molar-refractivity contribution is 0.0979. The maximum absolute atomic E-state index is 12.8. The summed E-state index contributed by atoms with van der Waals surface area (Å²) in [4.78, 5) is 17.1. The first-order valence-electron chi connectivity index (χ1n) is 9.38. The first kappa shape index (κ1) is 21.4. The molecule has 2 heterocycles. The summed E-state index contributed by atoms with van der Waals surface area (Å²) in [6.07, 6.45) is 1.75. The molecule has 0 saturated carbocycles. The third-order valence-corrected chi connectivity index (χ3v) is 8.14. The Balaban J connectivity index is 1.45. The molecule has 0 bridgehead atoms. The molecule has 7 nitrogen and oxygen atoms in total. The van der Waals surface area contributed by atoms with Gasteiger partial charge in [-0.15, -0.1) is 0 Å². The van der Waals surface area contributed by atoms with Crippen LogP contribution >= 0.6 is 27.3 Å². The van der Waals surface area contributed by atoms with Crippen LogP contribution in [0, 0.1) is 0 Å². The van der Waals surface area contributed by atoms with Crippen molar-refractivity contribution in [1.29, 1.82) is 0 Å². The highest BCUT2D eigenvalue weighted by Crippen LogP contribution is 2.29. The van der Waals surface area contributed by atoms with Gasteiger partial charge in [0.05, 0.1) is 21.2 Å². The minimum Gasteiger partial charge on any atom is -0.377 e. The van der Waals surface area contributed by atoms with E-state index in [2.05, 4.69) is 26.2 Å². The lowest BCUT2D eigenvalue weighted by atomic mass is 10.2. The van der Waals surface area contributed by atoms with E-state index in [0.717, 1.165) is 27.5 Å². The molecule has 10 heteroatoms. The van der Waals surface area contributed by atoms with E-state index in [4.69, 9.17) is 4.74 Å². The monoisotopic (exact) mass is 509 g/mol. The van der Waals surface area contributed by atoms with E-state index in [1.807, 2.05) is 18.2 Å². The summed E-state index contributed by atoms with van der Waals surface area (Å²) in [5.74, 6) is -0.343. The first-order chi connectivity index (χ1) is 14.3. The Kier molecular flexibility index (Phi) is 6.21. The van der Waals surface area contributed by atoms with Crippen LogP contribution in [-0.4, -0.2) is 49.9 Å². The van der Waals surface area contributed by atoms with E-state index in [-0.39, 0.29) is 16.9 Å². The number of hydrogen-bond acceptors (Lipinski definition) is 6. The third kappa shape index (κ3) is 4.57. The summed E-state index contributed by atoms with van der Waals surface area (Å²) >= 11 is 4.79. The van der Waals surface area contributed by atoms with Crippen molar-refractivity contribution in [3.63, 3.8) is 0 Å². The summed E-state index contributed by atoms with van der Waals surface area (Å²) in [6.45, 7) is 0.993. The molecular weight excluding hydrogens is 490 g/mol. The highest BCUT2D eigenvalue weighted by Gasteiger charge is 2.26. The van der Waals surface area contributed by atoms with E-state index >= 15 is 0 Å². The van der Waals surface area contributed by atoms with E-state index in [1.165, 1.54) is 39.9 Å². The van der Waals surface area contributed by atoms with Gasteiger partial charge in [0.15, 0.2) is 5.13 Å². The maximum Gasteiger partial charge on any atom is 0.257 e. The second-order valence-corrected chi connectivity index (χ2v) is 11.0. The van der Waals surface area contributed by atoms with Crippen LogP contribution in [-0.2, 0) is 14.8 Å². The number of thiazole rings is 1. The lowest BCUT2D eigenvalue weighted by Gasteiger charge is -2.20. The summed E-state index contributed by atoms with van der Waals surface area (Å²) in [6, 6.07) is 11.6. The summed E-state index contributed by atoms with van der Waals surface area (Å²) < 4.78 is 34.3. The van der Waals surface area contributed by atoms with Gasteiger partial charge in [0, 0.05) is 30.2 Å². The molecule has 30 heavy (non-hydrogen) atoms. The van der Waals surface area contributed by atoms with Crippen molar-refractivity contribution in [3.8, 4) is 0 Å². The van der Waals surface area contributed by atoms with Crippen LogP contribution < -0.4 is 5.32 Å². The van der Waals surface area contributed by atoms with E-state index < -0.39 is 10.0 Å². The molecule has 1 aliphatic rings. The van der Waals surface area contributed by atoms with Gasteiger partial charge in [0.2, 0.25) is 10.0 Å². The van der Waals surface area contributed by atoms with E-state index in [0.29, 0.717) is 23.8 Å². The van der Waals surface area contributed by atoms with Crippen molar-refractivity contribution < 1.29 is 17.9 Å². The molecule has 1 N–H and O–H groups in total. The predicted octanol–water partition coefficient (Wildman–Crippen LogP) is 4.11. The molecule has 4 rings (SSSR count). The Morgan fingerprint density at radius 1 is 1.30 bits per heavy atom. The quantitative estimate of drug-likeness (QED) is 0.539. The van der Waals surface area contributed by atoms with Crippen LogP contribution in [0.15, 0.2) is 51.8 Å². The molecule has 0 radical (unpaired) electrons. The van der Waals surface area contributed by atoms with Crippen molar-refractivity contribution in [2.75, 3.05) is 25.5 Å². The molecule has 3 aromatic rings. The number of hydrogen-bond donors (Lipinski definition) is 1. The van der Waals surface area contributed by atoms with Gasteiger partial charge in [-0.25, -0.2) is 13.4 Å². The van der Waals surface area contributed by atoms with Crippen LogP contribution in [0.4, 0.5) is 5.13 Å². The van der Waals surface area contributed by atoms with Gasteiger partial charge in [-0.05, 0) is 55.3 Å². The molecule has 158 valence electrons. The Hall–Kier alpha value is -1.85. The number of rotatable bonds is 6. The zero-order valence-electron chi connectivity index (χ0n) is 16.2. The fourth-order valence-corrected chi connectivity index (χ4v) is 5.87. The Morgan fingerprint density at radius 2 is 2.07 bits per heavy atom. The lowest BCUT2D eigenvalue weighted by Crippen LogP contribution is -2.34. The molecule has 1 saturated heterocycles. The second kappa shape index (κ2) is 8.72. The minimum atomic E-state index is -3.64. The standard InChI is InChI=1S/C20H20BrN3O4S2/c1-24(12-15-3-2-10-28-15)30(26,27)16-7-4-13(5-8-16)19(25)23-20-22-17-9-6-14(21)11-18(17)29-20/h4-9,11,15H,2-3,10,12H2,1H3,(H,22,23,25). The number of fused-ring (bicyclic) bond motifs is 1. The number of likely N-dealkylation sites (N-methyl/N-ethyl adjacent to an activating group) is 1. The summed E-state index contributed by atoms with van der Waals surface area (Å²) in [5, 5.41) is 3.26. The molecule has 1 aliphatic heterocycles. The SMILES string of the molecule is CN(CC1CCCO1)S(=O)(=O)c1ccc(C(=O)Nc2nc3ccc(Br)cc3s2)cc1. The number of sulfonamides is 1. The average molecular weight is 510 g/mol. The normalized spacial score (nSPS) is 17.0. The van der Waals surface area contributed by atoms with Crippen molar-refractivity contribution in [2.24, 2.45) is 0 Å². The molecule has 2 aromatic carbocycles. The van der Waals surface area contributed by atoms with Crippen LogP contribution in [0.2, 0.25) is 0 Å². The minimum absolute atomic E-state index is 0.0655. The maximum atomic E-state index is 12.8. The van der Waals surface area contributed by atoms with Gasteiger partial charge < -0.3 is 4.74 Å². The number of ether oxygens (including phenoxy) is 1. The van der Waals surface area contributed by atoms with E-state index in [9.17, 15) is 13.2 Å². The number of amides is 1. The molecule has 1 amide bonds. The number of nitrogens with zero attached hydrogens (tertiary/aromatic N) is 2. The number of carbonyl (C=O) groups is 1. The molecule has 1 unspecified atom stereocenters. The zero-order valence-corrected chi connectivity index (χ0v) is 19.4. The average Bonchev–Trinajstić information content (AvgIpc) is 3.37. The smallest absolute Gasteiger partial charge is 0.257 e. The van der Waals surface area contributed by atoms with Gasteiger partial charge >= 0.3 is 0 Å². The highest BCUT2D eigenvalue weighted by molar-refractivity contribution is 9.10. The topological polar surface area (TPSA) is 88.6 Å². The van der Waals surface area contributed by atoms with Crippen molar-refractivity contribution in [2.45, 2.75) is 23.8 Å². The van der Waals surface area contributed by atoms with Crippen LogP contribution in [0.25, 0.3) is 10.2 Å². The number of halogens is 1. The fourth-order valence-electron chi connectivity index (χ4n) is 3.25. The van der Waals surface area contributed by atoms with Gasteiger partial charge in [-0.2, -0.15) is 4.31 Å². The molecule has 0 aliphatic carbocycles. The zero-order chi connectivity index (χ0) is 21.3. The molecule has 1 fully saturated rings. The second-order valence-electron chi connectivity index (χ2n) is 7.03. The Morgan fingerprint density at radius 3 is 2.77 bits per heavy atom. The summed E-state index contributed by atoms with van der Waals surface area (Å²) in [7, 11) is -2.10. The number of nitrogens with one attached hydrogen (secondary N) is 1. The number of carbonyl (C=O) groups excluding carboxylic acids is 1. The first-order valence-corrected chi connectivity index (χ1v) is 12.4. The van der Waals surface area contributed by atoms with Crippen LogP contribution in [0.3, 0.4) is 0 Å². The van der Waals surface area contributed by atoms with Crippen molar-refractivity contribution in [3.05, 3.63) is 52.5 Å². The van der Waals surface area contributed by atoms with Crippen molar-refractivity contribution >= 4 is 58.5 Å². The number of anilines is 1. The molecule has 1 aromatic heterocycles. The Labute approximate surface area is 187 Å². The van der Waals surface area contributed by atoms with Gasteiger partial charge in [-0.3, -0.25) is 10.1 Å². The molecule has 0 spiro atoms. The fraction of sp³-hybridized carbons (Fsp3) is 0.300. The largest absolute Gasteiger partial charge is 0.377 e. The Bertz CT molecular complexity index is 1170. The number of benzene rings is 2. The van der Waals surface area contributed by atoms with Crippen LogP contribution in [0.1, 0.15) is 23.2 Å². The summed E-state index contributed by atoms with van der Waals surface area (Å²) in [5.41, 5.74) is 1.16. The molecule has 1 atom stereocenters. The predicted molar refractivity (Wildman–Crippen MR) is 121 cm³/mol. The highest BCUT2D eigenvalue weighted by atomic mass is 79.9. The van der Waals surface area contributed by atoms with Crippen LogP contribution in [0.5, 0.6) is 0 Å². The van der Waals surface area contributed by atoms with Crippen molar-refractivity contribution in [1.82, 2.24) is 9.29 Å². The van der Waals surface area contributed by atoms with Gasteiger partial charge in [-0.1, -0.05) is 27.3 Å². The number of aromatic nitrogens is 1. The van der Waals surface area contributed by atoms with Gasteiger partial charge in [0.1, 0.15) is 0 Å². The van der Waals surface area contributed by atoms with E-state index in [1.54, 1.807) is 7.05 Å². The molecular formula is C20H20BrN3O4S2.